The van der Waals surface area contributed by atoms with Gasteiger partial charge in [-0.2, -0.15) is 0 Å². The first-order valence-corrected chi connectivity index (χ1v) is 4.89. The van der Waals surface area contributed by atoms with E-state index < -0.39 is 0 Å². The minimum Gasteiger partial charge on any atom is -0.462 e. The summed E-state index contributed by atoms with van der Waals surface area (Å²) in [4.78, 5) is 14.8. The number of nitrogens with zero attached hydrogens (tertiary/aromatic N) is 1. The number of aromatic nitrogens is 1. The summed E-state index contributed by atoms with van der Waals surface area (Å²) in [5.41, 5.74) is 1.77. The van der Waals surface area contributed by atoms with Crippen molar-refractivity contribution in [1.29, 1.82) is 0 Å². The van der Waals surface area contributed by atoms with E-state index in [1.165, 1.54) is 0 Å². The molecule has 3 nitrogen and oxygen atoms in total. The SMILES string of the molecule is CCOC(=O)C[s+]1ccnc1. The van der Waals surface area contributed by atoms with Gasteiger partial charge in [-0.15, -0.1) is 0 Å². The zero-order valence-electron chi connectivity index (χ0n) is 6.32. The normalized spacial score (nSPS) is 11.2. The van der Waals surface area contributed by atoms with Crippen LogP contribution in [0.3, 0.4) is 0 Å². The Kier molecular flexibility index (Phi) is 3.04. The van der Waals surface area contributed by atoms with Crippen LogP contribution in [0.2, 0.25) is 0 Å². The molecule has 60 valence electrons. The van der Waals surface area contributed by atoms with Gasteiger partial charge in [0.1, 0.15) is 0 Å². The van der Waals surface area contributed by atoms with Gasteiger partial charge in [0.25, 0.3) is 0 Å². The third kappa shape index (κ3) is 2.67. The molecule has 1 aromatic heterocycles. The Morgan fingerprint density at radius 1 is 1.73 bits per heavy atom. The van der Waals surface area contributed by atoms with Gasteiger partial charge in [-0.05, 0) is 6.92 Å². The van der Waals surface area contributed by atoms with Gasteiger partial charge in [0, 0.05) is 10.5 Å². The van der Waals surface area contributed by atoms with E-state index in [2.05, 4.69) is 4.98 Å². The van der Waals surface area contributed by atoms with Gasteiger partial charge in [0.05, 0.1) is 12.8 Å². The molecular weight excluding hydrogens is 162 g/mol. The lowest BCUT2D eigenvalue weighted by atomic mass is 10.8. The van der Waals surface area contributed by atoms with Crippen molar-refractivity contribution in [3.05, 3.63) is 17.1 Å². The number of ether oxygens (including phenoxy) is 1. The number of esters is 1. The molecule has 0 bridgehead atoms. The third-order valence-corrected chi connectivity index (χ3v) is 2.54. The molecule has 0 fully saturated rings. The highest BCUT2D eigenvalue weighted by Gasteiger charge is 2.10. The van der Waals surface area contributed by atoms with Crippen molar-refractivity contribution in [2.45, 2.75) is 12.7 Å². The Hall–Kier alpha value is -0.900. The van der Waals surface area contributed by atoms with Gasteiger partial charge in [-0.3, -0.25) is 0 Å². The van der Waals surface area contributed by atoms with E-state index in [1.54, 1.807) is 18.6 Å². The van der Waals surface area contributed by atoms with Gasteiger partial charge in [-0.25, -0.2) is 9.78 Å². The highest BCUT2D eigenvalue weighted by Crippen LogP contribution is 2.15. The average Bonchev–Trinajstić information content (AvgIpc) is 2.40. The van der Waals surface area contributed by atoms with Crippen LogP contribution < -0.4 is 0 Å². The molecule has 1 atom stereocenters. The molecule has 0 N–H and O–H groups in total. The Morgan fingerprint density at radius 3 is 3.09 bits per heavy atom. The lowest BCUT2D eigenvalue weighted by molar-refractivity contribution is -0.141. The van der Waals surface area contributed by atoms with E-state index in [1.807, 2.05) is 5.38 Å². The van der Waals surface area contributed by atoms with E-state index in [-0.39, 0.29) is 16.4 Å². The van der Waals surface area contributed by atoms with Gasteiger partial charge >= 0.3 is 5.97 Å². The minimum atomic E-state index is -0.145. The number of hydrogen-bond donors (Lipinski definition) is 0. The molecule has 4 heteroatoms. The first-order chi connectivity index (χ1) is 5.33. The van der Waals surface area contributed by atoms with Crippen LogP contribution in [0.25, 0.3) is 0 Å². The number of carbonyl (C=O) groups excluding carboxylic acids is 1. The minimum absolute atomic E-state index is 0.106. The van der Waals surface area contributed by atoms with Crippen LogP contribution in [0.5, 0.6) is 0 Å². The topological polar surface area (TPSA) is 39.2 Å². The highest BCUT2D eigenvalue weighted by atomic mass is 32.2. The molecule has 0 aliphatic heterocycles. The van der Waals surface area contributed by atoms with Crippen molar-refractivity contribution in [2.75, 3.05) is 6.61 Å². The van der Waals surface area contributed by atoms with Crippen molar-refractivity contribution in [2.24, 2.45) is 0 Å². The Balaban J connectivity index is 2.37. The smallest absolute Gasteiger partial charge is 0.361 e. The lowest BCUT2D eigenvalue weighted by Gasteiger charge is -1.93. The molecule has 11 heavy (non-hydrogen) atoms. The van der Waals surface area contributed by atoms with E-state index in [0.29, 0.717) is 12.4 Å². The summed E-state index contributed by atoms with van der Waals surface area (Å²) in [6, 6.07) is 0. The predicted octanol–water partition coefficient (Wildman–Crippen LogP) is 1.39. The summed E-state index contributed by atoms with van der Waals surface area (Å²) in [5, 5.41) is 1.91. The van der Waals surface area contributed by atoms with Crippen molar-refractivity contribution < 1.29 is 9.53 Å². The van der Waals surface area contributed by atoms with Crippen molar-refractivity contribution in [3.63, 3.8) is 0 Å². The molecule has 1 rings (SSSR count). The van der Waals surface area contributed by atoms with Crippen LogP contribution >= 0.6 is 10.5 Å². The van der Waals surface area contributed by atoms with Crippen molar-refractivity contribution >= 4 is 16.4 Å². The lowest BCUT2D eigenvalue weighted by Crippen LogP contribution is -2.03. The molecule has 1 unspecified atom stereocenters. The summed E-state index contributed by atoms with van der Waals surface area (Å²) in [5.74, 6) is 0.294. The van der Waals surface area contributed by atoms with Gasteiger partial charge < -0.3 is 4.74 Å². The molecule has 0 aliphatic rings. The van der Waals surface area contributed by atoms with Gasteiger partial charge in [0.2, 0.25) is 11.3 Å². The summed E-state index contributed by atoms with van der Waals surface area (Å²) in [6.45, 7) is 2.26. The maximum Gasteiger partial charge on any atom is 0.361 e. The molecule has 1 heterocycles. The van der Waals surface area contributed by atoms with Crippen LogP contribution in [0.15, 0.2) is 17.1 Å². The molecule has 0 amide bonds. The maximum absolute atomic E-state index is 10.9. The molecule has 0 saturated carbocycles. The number of hydrogen-bond acceptors (Lipinski definition) is 3. The fourth-order valence-electron chi connectivity index (χ4n) is 0.686. The summed E-state index contributed by atoms with van der Waals surface area (Å²) in [7, 11) is -0.106. The zero-order valence-corrected chi connectivity index (χ0v) is 7.13. The predicted molar refractivity (Wildman–Crippen MR) is 43.3 cm³/mol. The van der Waals surface area contributed by atoms with E-state index in [0.717, 1.165) is 0 Å². The second-order valence-electron chi connectivity index (χ2n) is 1.96. The Morgan fingerprint density at radius 2 is 2.55 bits per heavy atom. The molecule has 1 aromatic rings. The Labute approximate surface area is 68.0 Å². The molecule has 0 radical (unpaired) electrons. The molecular formula is C7H10NO2S+. The summed E-state index contributed by atoms with van der Waals surface area (Å²) in [6.07, 6.45) is 1.71. The highest BCUT2D eigenvalue weighted by molar-refractivity contribution is 7.28. The third-order valence-electron chi connectivity index (χ3n) is 1.11. The zero-order chi connectivity index (χ0) is 8.10. The van der Waals surface area contributed by atoms with Crippen molar-refractivity contribution in [1.82, 2.24) is 4.98 Å². The fraction of sp³-hybridized carbons (Fsp3) is 0.429. The second-order valence-corrected chi connectivity index (χ2v) is 3.67. The Bertz CT molecular complexity index is 220. The van der Waals surface area contributed by atoms with Crippen LogP contribution in [0.1, 0.15) is 6.92 Å². The number of thiazole rings is 1. The van der Waals surface area contributed by atoms with Gasteiger partial charge in [-0.1, -0.05) is 0 Å². The van der Waals surface area contributed by atoms with Gasteiger partial charge in [0.15, 0.2) is 5.38 Å². The van der Waals surface area contributed by atoms with E-state index in [4.69, 9.17) is 4.74 Å². The first-order valence-electron chi connectivity index (χ1n) is 3.37. The standard InChI is InChI=1S/C7H10NO2S/c1-2-10-7(9)5-11-4-3-8-6-11/h3-4,6H,2,5H2,1H3/q+1. The number of rotatable bonds is 3. The maximum atomic E-state index is 10.9. The largest absolute Gasteiger partial charge is 0.462 e. The number of carbonyl (C=O) groups is 1. The van der Waals surface area contributed by atoms with E-state index in [9.17, 15) is 4.79 Å². The van der Waals surface area contributed by atoms with Crippen LogP contribution in [-0.2, 0) is 15.3 Å². The van der Waals surface area contributed by atoms with Crippen molar-refractivity contribution in [3.8, 4) is 0 Å². The first kappa shape index (κ1) is 8.20. The second kappa shape index (κ2) is 4.08. The van der Waals surface area contributed by atoms with E-state index >= 15 is 0 Å². The summed E-state index contributed by atoms with van der Waals surface area (Å²) < 4.78 is 4.78. The van der Waals surface area contributed by atoms with Crippen LogP contribution in [0, 0.1) is 0 Å². The summed E-state index contributed by atoms with van der Waals surface area (Å²) >= 11 is 0. The fourth-order valence-corrected chi connectivity index (χ4v) is 1.74. The molecule has 0 aromatic carbocycles. The molecule has 0 saturated heterocycles. The van der Waals surface area contributed by atoms with Crippen LogP contribution in [-0.4, -0.2) is 17.6 Å². The van der Waals surface area contributed by atoms with Crippen LogP contribution in [0.4, 0.5) is 0 Å². The quantitative estimate of drug-likeness (QED) is 0.511. The molecule has 0 aliphatic carbocycles. The monoisotopic (exact) mass is 172 g/mol. The average molecular weight is 172 g/mol. The molecule has 0 spiro atoms.